The van der Waals surface area contributed by atoms with Gasteiger partial charge in [0.25, 0.3) is 0 Å². The average Bonchev–Trinajstić information content (AvgIpc) is 2.57. The summed E-state index contributed by atoms with van der Waals surface area (Å²) in [6.45, 7) is 2.01. The van der Waals surface area contributed by atoms with Crippen molar-refractivity contribution in [3.8, 4) is 0 Å². The molecule has 0 aliphatic heterocycles. The van der Waals surface area contributed by atoms with Crippen LogP contribution < -0.4 is 5.73 Å². The standard InChI is InChI=1S/C10H12N2S2/c1-7(11)6-13-10-12-8-4-2-3-5-9(8)14-10/h2-5,7H,6,11H2,1H3/t7-/m0/s1. The van der Waals surface area contributed by atoms with Crippen molar-refractivity contribution >= 4 is 33.3 Å². The van der Waals surface area contributed by atoms with E-state index < -0.39 is 0 Å². The average molecular weight is 224 g/mol. The Morgan fingerprint density at radius 1 is 1.50 bits per heavy atom. The van der Waals surface area contributed by atoms with Crippen LogP contribution in [0.3, 0.4) is 0 Å². The molecule has 2 rings (SSSR count). The maximum atomic E-state index is 5.69. The monoisotopic (exact) mass is 224 g/mol. The van der Waals surface area contributed by atoms with Crippen molar-refractivity contribution in [2.24, 2.45) is 5.73 Å². The maximum absolute atomic E-state index is 5.69. The van der Waals surface area contributed by atoms with E-state index >= 15 is 0 Å². The second-order valence-corrected chi connectivity index (χ2v) is 5.53. The number of hydrogen-bond donors (Lipinski definition) is 1. The minimum absolute atomic E-state index is 0.229. The number of nitrogens with zero attached hydrogens (tertiary/aromatic N) is 1. The number of hydrogen-bond acceptors (Lipinski definition) is 4. The maximum Gasteiger partial charge on any atom is 0.151 e. The zero-order valence-corrected chi connectivity index (χ0v) is 9.57. The summed E-state index contributed by atoms with van der Waals surface area (Å²) in [5.74, 6) is 0.930. The third-order valence-corrected chi connectivity index (χ3v) is 4.21. The molecule has 2 aromatic rings. The number of thiazole rings is 1. The van der Waals surface area contributed by atoms with Gasteiger partial charge in [0.2, 0.25) is 0 Å². The first-order chi connectivity index (χ1) is 6.75. The minimum Gasteiger partial charge on any atom is -0.327 e. The molecule has 0 aliphatic rings. The Bertz CT molecular complexity index is 390. The molecule has 1 aromatic carbocycles. The van der Waals surface area contributed by atoms with Crippen LogP contribution in [-0.4, -0.2) is 16.8 Å². The quantitative estimate of drug-likeness (QED) is 0.815. The Morgan fingerprint density at radius 2 is 2.29 bits per heavy atom. The molecule has 2 nitrogen and oxygen atoms in total. The van der Waals surface area contributed by atoms with Crippen LogP contribution in [0.25, 0.3) is 10.2 Å². The van der Waals surface area contributed by atoms with Gasteiger partial charge in [-0.15, -0.1) is 11.3 Å². The van der Waals surface area contributed by atoms with Crippen molar-refractivity contribution in [2.45, 2.75) is 17.3 Å². The van der Waals surface area contributed by atoms with E-state index in [0.29, 0.717) is 0 Å². The first kappa shape index (κ1) is 9.96. The highest BCUT2D eigenvalue weighted by Crippen LogP contribution is 2.29. The molecule has 14 heavy (non-hydrogen) atoms. The Kier molecular flexibility index (Phi) is 3.05. The minimum atomic E-state index is 0.229. The van der Waals surface area contributed by atoms with Gasteiger partial charge in [0, 0.05) is 11.8 Å². The van der Waals surface area contributed by atoms with Gasteiger partial charge in [-0.3, -0.25) is 0 Å². The highest BCUT2D eigenvalue weighted by molar-refractivity contribution is 8.01. The van der Waals surface area contributed by atoms with E-state index in [1.807, 2.05) is 25.1 Å². The van der Waals surface area contributed by atoms with Gasteiger partial charge in [-0.05, 0) is 19.1 Å². The predicted molar refractivity (Wildman–Crippen MR) is 64.0 cm³/mol. The number of aromatic nitrogens is 1. The second kappa shape index (κ2) is 4.29. The van der Waals surface area contributed by atoms with Crippen molar-refractivity contribution in [1.82, 2.24) is 4.98 Å². The molecule has 1 heterocycles. The third kappa shape index (κ3) is 2.26. The number of rotatable bonds is 3. The fraction of sp³-hybridized carbons (Fsp3) is 0.300. The molecule has 0 unspecified atom stereocenters. The van der Waals surface area contributed by atoms with E-state index in [1.54, 1.807) is 23.1 Å². The first-order valence-corrected chi connectivity index (χ1v) is 6.30. The van der Waals surface area contributed by atoms with Gasteiger partial charge < -0.3 is 5.73 Å². The Balaban J connectivity index is 2.19. The van der Waals surface area contributed by atoms with Gasteiger partial charge in [0.15, 0.2) is 4.34 Å². The summed E-state index contributed by atoms with van der Waals surface area (Å²) >= 11 is 3.47. The fourth-order valence-corrected chi connectivity index (χ4v) is 3.09. The van der Waals surface area contributed by atoms with Gasteiger partial charge in [0.1, 0.15) is 0 Å². The van der Waals surface area contributed by atoms with Crippen molar-refractivity contribution in [2.75, 3.05) is 5.75 Å². The molecule has 0 saturated heterocycles. The SMILES string of the molecule is C[C@H](N)CSc1nc2ccccc2s1. The van der Waals surface area contributed by atoms with Crippen molar-refractivity contribution < 1.29 is 0 Å². The molecule has 0 radical (unpaired) electrons. The van der Waals surface area contributed by atoms with Crippen LogP contribution in [0, 0.1) is 0 Å². The molecule has 0 spiro atoms. The molecular weight excluding hydrogens is 212 g/mol. The van der Waals surface area contributed by atoms with Crippen LogP contribution >= 0.6 is 23.1 Å². The molecule has 0 fully saturated rings. The number of fused-ring (bicyclic) bond motifs is 1. The number of thioether (sulfide) groups is 1. The molecule has 74 valence electrons. The summed E-state index contributed by atoms with van der Waals surface area (Å²) in [7, 11) is 0. The first-order valence-electron chi connectivity index (χ1n) is 4.49. The van der Waals surface area contributed by atoms with Crippen LogP contribution in [0.4, 0.5) is 0 Å². The van der Waals surface area contributed by atoms with E-state index in [1.165, 1.54) is 4.70 Å². The lowest BCUT2D eigenvalue weighted by molar-refractivity contribution is 0.847. The molecule has 0 saturated carbocycles. The molecule has 0 aliphatic carbocycles. The molecule has 0 amide bonds. The Morgan fingerprint density at radius 3 is 3.00 bits per heavy atom. The molecule has 1 aromatic heterocycles. The summed E-state index contributed by atoms with van der Waals surface area (Å²) in [5, 5.41) is 0. The lowest BCUT2D eigenvalue weighted by Gasteiger charge is -1.99. The molecule has 2 N–H and O–H groups in total. The fourth-order valence-electron chi connectivity index (χ4n) is 1.12. The lowest BCUT2D eigenvalue weighted by Crippen LogP contribution is -2.17. The smallest absolute Gasteiger partial charge is 0.151 e. The highest BCUT2D eigenvalue weighted by Gasteiger charge is 2.04. The van der Waals surface area contributed by atoms with E-state index in [2.05, 4.69) is 11.1 Å². The van der Waals surface area contributed by atoms with Crippen LogP contribution in [0.1, 0.15) is 6.92 Å². The molecule has 4 heteroatoms. The van der Waals surface area contributed by atoms with Crippen LogP contribution in [0.2, 0.25) is 0 Å². The van der Waals surface area contributed by atoms with E-state index in [4.69, 9.17) is 5.73 Å². The van der Waals surface area contributed by atoms with E-state index in [9.17, 15) is 0 Å². The molecule has 1 atom stereocenters. The Hall–Kier alpha value is -0.580. The summed E-state index contributed by atoms with van der Waals surface area (Å²) in [6.07, 6.45) is 0. The second-order valence-electron chi connectivity index (χ2n) is 3.24. The van der Waals surface area contributed by atoms with Gasteiger partial charge in [0.05, 0.1) is 10.2 Å². The van der Waals surface area contributed by atoms with Crippen molar-refractivity contribution in [3.63, 3.8) is 0 Å². The summed E-state index contributed by atoms with van der Waals surface area (Å²) in [4.78, 5) is 4.51. The Labute approximate surface area is 91.5 Å². The van der Waals surface area contributed by atoms with E-state index in [-0.39, 0.29) is 6.04 Å². The van der Waals surface area contributed by atoms with E-state index in [0.717, 1.165) is 15.6 Å². The van der Waals surface area contributed by atoms with Gasteiger partial charge in [-0.25, -0.2) is 4.98 Å². The zero-order chi connectivity index (χ0) is 9.97. The van der Waals surface area contributed by atoms with Crippen LogP contribution in [-0.2, 0) is 0 Å². The number of nitrogens with two attached hydrogens (primary N) is 1. The number of benzene rings is 1. The largest absolute Gasteiger partial charge is 0.327 e. The lowest BCUT2D eigenvalue weighted by atomic mass is 10.3. The van der Waals surface area contributed by atoms with Crippen molar-refractivity contribution in [1.29, 1.82) is 0 Å². The van der Waals surface area contributed by atoms with Gasteiger partial charge >= 0.3 is 0 Å². The van der Waals surface area contributed by atoms with Crippen molar-refractivity contribution in [3.05, 3.63) is 24.3 Å². The predicted octanol–water partition coefficient (Wildman–Crippen LogP) is 2.74. The van der Waals surface area contributed by atoms with Gasteiger partial charge in [-0.1, -0.05) is 23.9 Å². The topological polar surface area (TPSA) is 38.9 Å². The summed E-state index contributed by atoms with van der Waals surface area (Å²) < 4.78 is 2.36. The van der Waals surface area contributed by atoms with Crippen LogP contribution in [0.5, 0.6) is 0 Å². The number of para-hydroxylation sites is 1. The summed E-state index contributed by atoms with van der Waals surface area (Å²) in [6, 6.07) is 8.43. The molecule has 0 bridgehead atoms. The third-order valence-electron chi connectivity index (χ3n) is 1.74. The zero-order valence-electron chi connectivity index (χ0n) is 7.93. The normalized spacial score (nSPS) is 13.3. The highest BCUT2D eigenvalue weighted by atomic mass is 32.2. The summed E-state index contributed by atoms with van der Waals surface area (Å²) in [5.41, 5.74) is 6.78. The van der Waals surface area contributed by atoms with Gasteiger partial charge in [-0.2, -0.15) is 0 Å². The van der Waals surface area contributed by atoms with Crippen LogP contribution in [0.15, 0.2) is 28.6 Å². The molecular formula is C10H12N2S2.